The molecule has 4 unspecified atom stereocenters. The lowest BCUT2D eigenvalue weighted by Gasteiger charge is -2.29. The number of hydrogen-bond acceptors (Lipinski definition) is 20. The summed E-state index contributed by atoms with van der Waals surface area (Å²) < 4.78 is 78.8. The van der Waals surface area contributed by atoms with Crippen molar-refractivity contribution in [1.29, 1.82) is 0 Å². The largest absolute Gasteiger partial charge is 0.496 e. The summed E-state index contributed by atoms with van der Waals surface area (Å²) in [5, 5.41) is 68.5. The van der Waals surface area contributed by atoms with E-state index in [9.17, 15) is 67.6 Å². The number of carboxylic acids is 4. The number of nitrogens with one attached hydrogen (secondary N) is 4. The van der Waals surface area contributed by atoms with Crippen LogP contribution >= 0.6 is 11.6 Å². The van der Waals surface area contributed by atoms with Gasteiger partial charge in [0.2, 0.25) is 0 Å². The van der Waals surface area contributed by atoms with Crippen LogP contribution in [0.4, 0.5) is 8.78 Å². The minimum absolute atomic E-state index is 0.0772. The minimum Gasteiger partial charge on any atom is -0.496 e. The molecule has 16 rings (SSSR count). The Labute approximate surface area is 839 Å². The summed E-state index contributed by atoms with van der Waals surface area (Å²) in [7, 11) is 12.4. The Morgan fingerprint density at radius 3 is 0.757 bits per heavy atom. The summed E-state index contributed by atoms with van der Waals surface area (Å²) >= 11 is 6.10. The second-order valence-electron chi connectivity index (χ2n) is 36.0. The summed E-state index contributed by atoms with van der Waals surface area (Å²) in [6, 6.07) is 52.8. The maximum Gasteiger partial charge on any atom is 0.305 e. The fourth-order valence-electron chi connectivity index (χ4n) is 19.6. The molecule has 12 aromatic rings. The molecule has 0 aliphatic heterocycles. The summed E-state index contributed by atoms with van der Waals surface area (Å²) in [4.78, 5) is 99.8. The van der Waals surface area contributed by atoms with Gasteiger partial charge in [0.15, 0.2) is 22.8 Å². The molecule has 8 N–H and O–H groups in total. The molecule has 760 valence electrons. The van der Waals surface area contributed by atoms with E-state index in [0.29, 0.717) is 113 Å². The molecule has 4 aliphatic carbocycles. The first kappa shape index (κ1) is 106. The van der Waals surface area contributed by atoms with Gasteiger partial charge in [-0.15, -0.1) is 0 Å². The maximum absolute atomic E-state index is 14.1. The number of carboxylic acid groups (broad SMARTS) is 4. The molecule has 4 aromatic heterocycles. The molecule has 0 saturated heterocycles. The van der Waals surface area contributed by atoms with Gasteiger partial charge in [-0.1, -0.05) is 137 Å². The van der Waals surface area contributed by atoms with Gasteiger partial charge in [0, 0.05) is 29.2 Å². The monoisotopic (exact) mass is 1990 g/mol. The van der Waals surface area contributed by atoms with Crippen molar-refractivity contribution in [1.82, 2.24) is 60.4 Å². The Bertz CT molecular complexity index is 5880. The molecule has 32 nitrogen and oxygen atoms in total. The normalized spacial score (nSPS) is 14.8. The number of halogens is 3. The van der Waals surface area contributed by atoms with E-state index in [4.69, 9.17) is 49.5 Å². The van der Waals surface area contributed by atoms with Gasteiger partial charge in [0.25, 0.3) is 23.6 Å². The van der Waals surface area contributed by atoms with Crippen molar-refractivity contribution in [2.75, 3.05) is 56.9 Å². The Morgan fingerprint density at radius 1 is 0.306 bits per heavy atom. The van der Waals surface area contributed by atoms with Crippen molar-refractivity contribution in [2.24, 2.45) is 23.7 Å². The number of ether oxygens (including phenoxy) is 8. The lowest BCUT2D eigenvalue weighted by atomic mass is 9.82. The second-order valence-corrected chi connectivity index (χ2v) is 36.5. The highest BCUT2D eigenvalue weighted by atomic mass is 35.5. The van der Waals surface area contributed by atoms with Gasteiger partial charge in [0.05, 0.1) is 150 Å². The number of rotatable bonds is 36. The molecular formula is C109H123ClF2N12O20. The van der Waals surface area contributed by atoms with Crippen molar-refractivity contribution in [3.8, 4) is 114 Å². The average Bonchev–Trinajstić information content (AvgIpc) is 1.63. The maximum atomic E-state index is 14.1. The molecule has 0 radical (unpaired) electrons. The first-order valence-corrected chi connectivity index (χ1v) is 48.7. The lowest BCUT2D eigenvalue weighted by Crippen LogP contribution is -2.42. The van der Waals surface area contributed by atoms with Crippen LogP contribution in [-0.4, -0.2) is 188 Å². The summed E-state index contributed by atoms with van der Waals surface area (Å²) in [5.74, 6) is -1.64. The first-order chi connectivity index (χ1) is 69.6. The molecule has 4 saturated carbocycles. The van der Waals surface area contributed by atoms with Gasteiger partial charge in [0.1, 0.15) is 57.6 Å². The van der Waals surface area contributed by atoms with Gasteiger partial charge in [-0.2, -0.15) is 20.4 Å². The van der Waals surface area contributed by atoms with Crippen LogP contribution < -0.4 is 59.2 Å². The number of aromatic nitrogens is 8. The quantitative estimate of drug-likeness (QED) is 0.0181. The molecule has 35 heteroatoms. The van der Waals surface area contributed by atoms with Crippen LogP contribution in [0.15, 0.2) is 194 Å². The molecule has 4 fully saturated rings. The van der Waals surface area contributed by atoms with Crippen LogP contribution in [0.3, 0.4) is 0 Å². The molecule has 4 aliphatic rings. The van der Waals surface area contributed by atoms with Crippen molar-refractivity contribution in [2.45, 2.75) is 185 Å². The molecule has 4 amide bonds. The van der Waals surface area contributed by atoms with Crippen LogP contribution in [0.1, 0.15) is 202 Å². The van der Waals surface area contributed by atoms with Crippen LogP contribution in [0.5, 0.6) is 46.0 Å². The fourth-order valence-corrected chi connectivity index (χ4v) is 19.7. The zero-order chi connectivity index (χ0) is 103. The van der Waals surface area contributed by atoms with E-state index in [1.165, 1.54) is 62.1 Å². The highest BCUT2D eigenvalue weighted by Gasteiger charge is 2.37. The number of methoxy groups -OCH3 is 8. The standard InChI is InChI=1S/C28H33N3O5.C27H30ClN3O5.2C27H30FN3O5/c1-18-12-14-20(15-13-18)31-23(27-24(35-2)10-7-11-25(27)36-3)16-22(30-31)28(34)29-21(17-26(32)33)19-8-5-4-6-9-19;1-35-23-9-6-10-24(36-2)26(23)22-15-21(30-31(22)19-13-11-18(28)12-14-19)27(34)29-20(16-25(32)33)17-7-4-3-5-8-17;1-35-23-12-7-13-24(36-2)26(23)22-15-21(30-31(22)19-11-6-10-18(28)14-19)27(34)29-20(16-25(32)33)17-8-4-3-5-9-17;1-35-23-9-6-10-24(36-2)26(23)22-15-21(30-31(22)19-13-11-18(28)12-14-19)27(34)29-20(16-25(32)33)17-7-4-3-5-8-17/h7,10-16,19,21H,4-6,8-9,17H2,1-3H3,(H,29,34)(H,32,33);6,9-15,17,20H,3-5,7-8,16H2,1-2H3,(H,29,34)(H,32,33);6-7,10-15,17,20H,3-5,8-9,16H2,1-2H3,(H,29,34)(H,32,33);6,9-15,17,20H,3-5,7-8,16H2,1-2H3,(H,29,34)(H,32,33). The summed E-state index contributed by atoms with van der Waals surface area (Å²) in [6.07, 6.45) is 19.4. The number of hydrogen-bond donors (Lipinski definition) is 8. The van der Waals surface area contributed by atoms with Crippen LogP contribution in [0, 0.1) is 42.2 Å². The number of aryl methyl sites for hydroxylation is 1. The molecule has 0 spiro atoms. The predicted molar refractivity (Wildman–Crippen MR) is 538 cm³/mol. The third-order valence-electron chi connectivity index (χ3n) is 26.7. The van der Waals surface area contributed by atoms with E-state index in [2.05, 4.69) is 41.7 Å². The molecule has 4 atom stereocenters. The third kappa shape index (κ3) is 27.0. The van der Waals surface area contributed by atoms with E-state index in [0.717, 1.165) is 140 Å². The van der Waals surface area contributed by atoms with E-state index in [-0.39, 0.29) is 72.1 Å². The smallest absolute Gasteiger partial charge is 0.305 e. The SMILES string of the molecule is COc1cccc(OC)c1-c1cc(C(=O)NC(CC(=O)O)C2CCCCC2)nn1-c1ccc(C)cc1.COc1cccc(OC)c1-c1cc(C(=O)NC(CC(=O)O)C2CCCCC2)nn1-c1ccc(Cl)cc1.COc1cccc(OC)c1-c1cc(C(=O)NC(CC(=O)O)C2CCCCC2)nn1-c1ccc(F)cc1.COc1cccc(OC)c1-c1cc(C(=O)NC(CC(=O)O)C2CCCCC2)nn1-c1cccc(F)c1. The Kier molecular flexibility index (Phi) is 37.6. The zero-order valence-electron chi connectivity index (χ0n) is 82.1. The molecule has 8 aromatic carbocycles. The highest BCUT2D eigenvalue weighted by molar-refractivity contribution is 6.30. The topological polar surface area (TPSA) is 411 Å². The van der Waals surface area contributed by atoms with Gasteiger partial charge >= 0.3 is 23.9 Å². The zero-order valence-corrected chi connectivity index (χ0v) is 82.9. The van der Waals surface area contributed by atoms with Crippen molar-refractivity contribution < 1.29 is 105 Å². The highest BCUT2D eigenvalue weighted by Crippen LogP contribution is 2.46. The predicted octanol–water partition coefficient (Wildman–Crippen LogP) is 20.1. The van der Waals surface area contributed by atoms with Crippen LogP contribution in [0.25, 0.3) is 67.8 Å². The van der Waals surface area contributed by atoms with Crippen molar-refractivity contribution in [3.63, 3.8) is 0 Å². The molecule has 144 heavy (non-hydrogen) atoms. The Hall–Kier alpha value is -15.1. The number of benzene rings is 8. The van der Waals surface area contributed by atoms with Gasteiger partial charge in [-0.25, -0.2) is 27.5 Å². The molecule has 0 bridgehead atoms. The summed E-state index contributed by atoms with van der Waals surface area (Å²) in [5.41, 5.74) is 8.68. The Morgan fingerprint density at radius 2 is 0.528 bits per heavy atom. The second kappa shape index (κ2) is 51.0. The molecule has 4 heterocycles. The Balaban J connectivity index is 0.000000161. The lowest BCUT2D eigenvalue weighted by molar-refractivity contribution is -0.139. The number of carbonyl (C=O) groups excluding carboxylic acids is 4. The third-order valence-corrected chi connectivity index (χ3v) is 26.9. The number of carbonyl (C=O) groups is 8. The fraction of sp³-hybridized carbons (Fsp3) is 0.376. The van der Waals surface area contributed by atoms with E-state index < -0.39 is 83.3 Å². The van der Waals surface area contributed by atoms with Gasteiger partial charge in [-0.3, -0.25) is 38.4 Å². The van der Waals surface area contributed by atoms with Crippen LogP contribution in [-0.2, 0) is 19.2 Å². The minimum atomic E-state index is -0.962. The van der Waals surface area contributed by atoms with Gasteiger partial charge < -0.3 is 79.6 Å². The van der Waals surface area contributed by atoms with E-state index in [1.807, 2.05) is 67.6 Å². The number of amides is 4. The summed E-state index contributed by atoms with van der Waals surface area (Å²) in [6.45, 7) is 2.00. The number of nitrogens with zero attached hydrogens (tertiary/aromatic N) is 8. The number of aliphatic carboxylic acids is 4. The van der Waals surface area contributed by atoms with Crippen molar-refractivity contribution >= 4 is 59.1 Å². The van der Waals surface area contributed by atoms with E-state index in [1.54, 1.807) is 147 Å². The van der Waals surface area contributed by atoms with Gasteiger partial charge in [-0.05, 0) is 234 Å². The first-order valence-electron chi connectivity index (χ1n) is 48.3. The van der Waals surface area contributed by atoms with Crippen molar-refractivity contribution in [3.05, 3.63) is 239 Å². The molecular weight excluding hydrogens is 1870 g/mol. The van der Waals surface area contributed by atoms with Crippen LogP contribution in [0.2, 0.25) is 5.02 Å². The average molecular weight is 1990 g/mol. The van der Waals surface area contributed by atoms with E-state index >= 15 is 0 Å².